The Morgan fingerprint density at radius 2 is 1.79 bits per heavy atom. The topological polar surface area (TPSA) is 28.2 Å². The highest BCUT2D eigenvalue weighted by atomic mass is 16.7. The molecule has 0 spiro atoms. The predicted octanol–water partition coefficient (Wildman–Crippen LogP) is 0.381. The summed E-state index contributed by atoms with van der Waals surface area (Å²) in [6.45, 7) is 7.05. The van der Waals surface area contributed by atoms with Gasteiger partial charge >= 0.3 is 0 Å². The van der Waals surface area contributed by atoms with Crippen molar-refractivity contribution >= 4 is 0 Å². The highest BCUT2D eigenvalue weighted by molar-refractivity contribution is 5.44. The summed E-state index contributed by atoms with van der Waals surface area (Å²) in [5.74, 6) is 1.77. The standard InChI is InChI=1S/C13H17N4O2/c1-2-12-13(19-10-18-12)3-11(1)4-17-8-14-5-15(9-17)7-16(17)6-14/h1-3H,4-10H2/q+1. The van der Waals surface area contributed by atoms with E-state index in [1.165, 1.54) is 5.56 Å². The molecule has 0 N–H and O–H groups in total. The molecule has 100 valence electrons. The Morgan fingerprint density at radius 3 is 2.63 bits per heavy atom. The molecule has 0 aromatic heterocycles. The first-order chi connectivity index (χ1) is 9.31. The minimum atomic E-state index is 0.354. The van der Waals surface area contributed by atoms with Gasteiger partial charge in [-0.2, -0.15) is 0 Å². The van der Waals surface area contributed by atoms with Crippen molar-refractivity contribution in [3.05, 3.63) is 23.8 Å². The lowest BCUT2D eigenvalue weighted by atomic mass is 10.2. The first-order valence-electron chi connectivity index (χ1n) is 6.76. The van der Waals surface area contributed by atoms with Crippen LogP contribution >= 0.6 is 0 Å². The molecule has 4 saturated heterocycles. The van der Waals surface area contributed by atoms with E-state index >= 15 is 0 Å². The number of hydrogen-bond acceptors (Lipinski definition) is 5. The van der Waals surface area contributed by atoms with Crippen LogP contribution in [0.3, 0.4) is 0 Å². The summed E-state index contributed by atoms with van der Waals surface area (Å²) in [4.78, 5) is 5.03. The van der Waals surface area contributed by atoms with Crippen molar-refractivity contribution in [3.63, 3.8) is 0 Å². The van der Waals surface area contributed by atoms with E-state index < -0.39 is 0 Å². The first-order valence-corrected chi connectivity index (χ1v) is 6.76. The minimum Gasteiger partial charge on any atom is -0.454 e. The van der Waals surface area contributed by atoms with Crippen LogP contribution in [0.15, 0.2) is 18.2 Å². The molecule has 0 amide bonds. The van der Waals surface area contributed by atoms with Crippen LogP contribution in [-0.2, 0) is 6.54 Å². The van der Waals surface area contributed by atoms with E-state index in [1.54, 1.807) is 0 Å². The average Bonchev–Trinajstić information content (AvgIpc) is 2.99. The second-order valence-electron chi connectivity index (χ2n) is 6.00. The van der Waals surface area contributed by atoms with Crippen LogP contribution in [0.5, 0.6) is 11.5 Å². The van der Waals surface area contributed by atoms with Crippen molar-refractivity contribution < 1.29 is 14.1 Å². The molecular weight excluding hydrogens is 244 g/mol. The summed E-state index contributed by atoms with van der Waals surface area (Å²) in [6.07, 6.45) is 0. The minimum absolute atomic E-state index is 0.354. The van der Waals surface area contributed by atoms with Gasteiger partial charge in [0.2, 0.25) is 6.79 Å². The number of ether oxygens (including phenoxy) is 2. The quantitative estimate of drug-likeness (QED) is 0.718. The first kappa shape index (κ1) is 10.4. The van der Waals surface area contributed by atoms with E-state index in [-0.39, 0.29) is 0 Å². The molecule has 4 fully saturated rings. The molecule has 1 aromatic rings. The van der Waals surface area contributed by atoms with Crippen molar-refractivity contribution in [2.45, 2.75) is 6.54 Å². The summed E-state index contributed by atoms with van der Waals surface area (Å²) >= 11 is 0. The van der Waals surface area contributed by atoms with Gasteiger partial charge in [-0.15, -0.1) is 5.01 Å². The maximum absolute atomic E-state index is 5.48. The maximum atomic E-state index is 5.48. The van der Waals surface area contributed by atoms with Gasteiger partial charge in [0, 0.05) is 5.56 Å². The van der Waals surface area contributed by atoms with E-state index in [0.717, 1.165) is 56.0 Å². The zero-order valence-electron chi connectivity index (χ0n) is 10.8. The number of rotatable bonds is 2. The van der Waals surface area contributed by atoms with Crippen LogP contribution in [0.1, 0.15) is 5.56 Å². The van der Waals surface area contributed by atoms with Gasteiger partial charge in [-0.05, 0) is 18.2 Å². The number of benzene rings is 1. The third-order valence-corrected chi connectivity index (χ3v) is 4.57. The average molecular weight is 261 g/mol. The zero-order chi connectivity index (χ0) is 12.4. The van der Waals surface area contributed by atoms with Crippen molar-refractivity contribution in [3.8, 4) is 11.5 Å². The Bertz CT molecular complexity index is 535. The van der Waals surface area contributed by atoms with E-state index in [4.69, 9.17) is 9.47 Å². The van der Waals surface area contributed by atoms with Crippen LogP contribution in [0.4, 0.5) is 0 Å². The molecular formula is C13H17N4O2+. The van der Waals surface area contributed by atoms with Crippen molar-refractivity contribution in [1.29, 1.82) is 0 Å². The van der Waals surface area contributed by atoms with Gasteiger partial charge in [-0.3, -0.25) is 0 Å². The van der Waals surface area contributed by atoms with Crippen LogP contribution in [0.25, 0.3) is 0 Å². The fraction of sp³-hybridized carbons (Fsp3) is 0.538. The Hall–Kier alpha value is -1.34. The summed E-state index contributed by atoms with van der Waals surface area (Å²) in [7, 11) is 0. The van der Waals surface area contributed by atoms with Gasteiger partial charge in [-0.25, -0.2) is 14.4 Å². The largest absolute Gasteiger partial charge is 0.454 e. The monoisotopic (exact) mass is 261 g/mol. The molecule has 19 heavy (non-hydrogen) atoms. The Morgan fingerprint density at radius 1 is 1.00 bits per heavy atom. The lowest BCUT2D eigenvalue weighted by Crippen LogP contribution is -2.54. The van der Waals surface area contributed by atoms with E-state index in [9.17, 15) is 0 Å². The van der Waals surface area contributed by atoms with Gasteiger partial charge in [0.05, 0.1) is 6.67 Å². The molecule has 2 unspecified atom stereocenters. The Kier molecular flexibility index (Phi) is 1.87. The predicted molar refractivity (Wildman–Crippen MR) is 66.4 cm³/mol. The van der Waals surface area contributed by atoms with Crippen LogP contribution < -0.4 is 9.47 Å². The van der Waals surface area contributed by atoms with Gasteiger partial charge < -0.3 is 9.47 Å². The van der Waals surface area contributed by atoms with Crippen LogP contribution in [-0.4, -0.2) is 59.5 Å². The molecule has 1 aromatic carbocycles. The summed E-state index contributed by atoms with van der Waals surface area (Å²) in [5.41, 5.74) is 1.33. The van der Waals surface area contributed by atoms with Gasteiger partial charge in [0.15, 0.2) is 24.8 Å². The van der Waals surface area contributed by atoms with Crippen LogP contribution in [0.2, 0.25) is 0 Å². The zero-order valence-corrected chi connectivity index (χ0v) is 10.8. The highest BCUT2D eigenvalue weighted by Gasteiger charge is 2.56. The smallest absolute Gasteiger partial charge is 0.231 e. The Labute approximate surface area is 111 Å². The molecule has 0 radical (unpaired) electrons. The molecule has 5 aliphatic rings. The number of hydrogen-bond donors (Lipinski definition) is 0. The summed E-state index contributed by atoms with van der Waals surface area (Å²) < 4.78 is 11.9. The van der Waals surface area contributed by atoms with Crippen molar-refractivity contribution in [2.24, 2.45) is 0 Å². The SMILES string of the molecule is c1cc2c(cc1C[N+]13CN4CN(CN1C4)C3)OCO2. The fourth-order valence-corrected chi connectivity index (χ4v) is 3.87. The number of fused-ring (bicyclic) bond motifs is 1. The molecule has 6 rings (SSSR count). The second kappa shape index (κ2) is 3.40. The van der Waals surface area contributed by atoms with E-state index in [2.05, 4.69) is 26.9 Å². The molecule has 6 heteroatoms. The number of nitrogens with zero attached hydrogens (tertiary/aromatic N) is 4. The Balaban J connectivity index is 1.46. The second-order valence-corrected chi connectivity index (χ2v) is 6.00. The van der Waals surface area contributed by atoms with E-state index in [1.807, 2.05) is 6.07 Å². The molecule has 0 aliphatic carbocycles. The highest BCUT2D eigenvalue weighted by Crippen LogP contribution is 2.38. The molecule has 4 bridgehead atoms. The fourth-order valence-electron chi connectivity index (χ4n) is 3.87. The van der Waals surface area contributed by atoms with Crippen molar-refractivity contribution in [1.82, 2.24) is 14.8 Å². The van der Waals surface area contributed by atoms with E-state index in [0.29, 0.717) is 6.79 Å². The third-order valence-electron chi connectivity index (χ3n) is 4.57. The van der Waals surface area contributed by atoms with Crippen LogP contribution in [0, 0.1) is 0 Å². The maximum Gasteiger partial charge on any atom is 0.231 e. The van der Waals surface area contributed by atoms with Crippen molar-refractivity contribution in [2.75, 3.05) is 40.1 Å². The third kappa shape index (κ3) is 1.40. The lowest BCUT2D eigenvalue weighted by Gasteiger charge is -2.35. The number of quaternary nitrogens is 1. The summed E-state index contributed by atoms with van der Waals surface area (Å²) in [5, 5.41) is 2.56. The molecule has 5 aliphatic heterocycles. The molecule has 6 nitrogen and oxygen atoms in total. The lowest BCUT2D eigenvalue weighted by molar-refractivity contribution is -1.03. The summed E-state index contributed by atoms with van der Waals surface area (Å²) in [6, 6.07) is 6.35. The molecule has 5 heterocycles. The molecule has 0 saturated carbocycles. The normalized spacial score (nSPS) is 41.2. The molecule has 2 atom stereocenters. The van der Waals surface area contributed by atoms with Gasteiger partial charge in [-0.1, -0.05) is 0 Å². The van der Waals surface area contributed by atoms with Gasteiger partial charge in [0.1, 0.15) is 19.9 Å². The van der Waals surface area contributed by atoms with Gasteiger partial charge in [0.25, 0.3) is 0 Å².